The van der Waals surface area contributed by atoms with Gasteiger partial charge in [-0.25, -0.2) is 0 Å². The lowest BCUT2D eigenvalue weighted by atomic mass is 10.2. The minimum atomic E-state index is 1.32. The quantitative estimate of drug-likeness (QED) is 0.535. The van der Waals surface area contributed by atoms with Crippen LogP contribution in [0.5, 0.6) is 0 Å². The number of allylic oxidation sites excluding steroid dienone is 1. The Bertz CT molecular complexity index is 588. The van der Waals surface area contributed by atoms with Crippen molar-refractivity contribution < 1.29 is 0 Å². The average Bonchev–Trinajstić information content (AvgIpc) is 3.11. The fourth-order valence-corrected chi connectivity index (χ4v) is 4.69. The Morgan fingerprint density at radius 1 is 1.00 bits per heavy atom. The van der Waals surface area contributed by atoms with E-state index in [9.17, 15) is 0 Å². The summed E-state index contributed by atoms with van der Waals surface area (Å²) >= 11 is 5.49. The maximum atomic E-state index is 2.30. The van der Waals surface area contributed by atoms with Gasteiger partial charge in [-0.2, -0.15) is 0 Å². The van der Waals surface area contributed by atoms with E-state index in [1.165, 1.54) is 25.1 Å². The third-order valence-corrected chi connectivity index (χ3v) is 5.67. The topological polar surface area (TPSA) is 0 Å². The number of thiophene rings is 3. The van der Waals surface area contributed by atoms with Crippen molar-refractivity contribution in [3.8, 4) is 20.2 Å². The van der Waals surface area contributed by atoms with E-state index in [-0.39, 0.29) is 0 Å². The highest BCUT2D eigenvalue weighted by Crippen LogP contribution is 2.43. The van der Waals surface area contributed by atoms with E-state index in [2.05, 4.69) is 60.2 Å². The Kier molecular flexibility index (Phi) is 3.46. The molecule has 0 spiro atoms. The van der Waals surface area contributed by atoms with Crippen LogP contribution in [0.1, 0.15) is 11.8 Å². The van der Waals surface area contributed by atoms with E-state index < -0.39 is 0 Å². The highest BCUT2D eigenvalue weighted by Gasteiger charge is 2.13. The first-order valence-electron chi connectivity index (χ1n) is 5.73. The van der Waals surface area contributed by atoms with Gasteiger partial charge in [-0.3, -0.25) is 0 Å². The van der Waals surface area contributed by atoms with Crippen molar-refractivity contribution in [1.29, 1.82) is 0 Å². The van der Waals surface area contributed by atoms with E-state index in [1.54, 1.807) is 11.3 Å². The monoisotopic (exact) mass is 288 g/mol. The SMILES string of the molecule is CC=Cc1cc(-c2cccs2)c(-c2cccs2)s1. The minimum absolute atomic E-state index is 1.32. The molecule has 0 nitrogen and oxygen atoms in total. The predicted octanol–water partition coefficient (Wildman–Crippen LogP) is 6.24. The van der Waals surface area contributed by atoms with E-state index in [0.29, 0.717) is 0 Å². The van der Waals surface area contributed by atoms with Gasteiger partial charge in [-0.15, -0.1) is 34.0 Å². The largest absolute Gasteiger partial charge is 0.144 e. The molecule has 0 aliphatic carbocycles. The minimum Gasteiger partial charge on any atom is -0.144 e. The first-order valence-corrected chi connectivity index (χ1v) is 8.30. The van der Waals surface area contributed by atoms with Crippen LogP contribution in [-0.2, 0) is 0 Å². The normalized spacial score (nSPS) is 11.4. The standard InChI is InChI=1S/C15H12S3/c1-2-5-11-10-12(13-6-3-8-16-13)15(18-11)14-7-4-9-17-14/h2-10H,1H3. The molecule has 0 aromatic carbocycles. The molecule has 0 aliphatic rings. The van der Waals surface area contributed by atoms with Crippen LogP contribution in [0.4, 0.5) is 0 Å². The second-order valence-electron chi connectivity index (χ2n) is 3.85. The third-order valence-electron chi connectivity index (χ3n) is 2.61. The summed E-state index contributed by atoms with van der Waals surface area (Å²) in [7, 11) is 0. The lowest BCUT2D eigenvalue weighted by molar-refractivity contribution is 1.78. The Labute approximate surface area is 119 Å². The molecule has 0 saturated heterocycles. The maximum Gasteiger partial charge on any atom is 0.0535 e. The maximum absolute atomic E-state index is 2.30. The molecule has 3 rings (SSSR count). The molecular weight excluding hydrogens is 276 g/mol. The number of hydrogen-bond donors (Lipinski definition) is 0. The Morgan fingerprint density at radius 3 is 2.33 bits per heavy atom. The van der Waals surface area contributed by atoms with Crippen molar-refractivity contribution in [2.24, 2.45) is 0 Å². The second kappa shape index (κ2) is 5.22. The van der Waals surface area contributed by atoms with Crippen LogP contribution in [0, 0.1) is 0 Å². The molecule has 3 aromatic heterocycles. The molecule has 0 saturated carbocycles. The summed E-state index contributed by atoms with van der Waals surface area (Å²) in [6.45, 7) is 2.06. The van der Waals surface area contributed by atoms with E-state index in [4.69, 9.17) is 0 Å². The van der Waals surface area contributed by atoms with Crippen LogP contribution >= 0.6 is 34.0 Å². The summed E-state index contributed by atoms with van der Waals surface area (Å²) in [6.07, 6.45) is 4.28. The van der Waals surface area contributed by atoms with Crippen molar-refractivity contribution in [1.82, 2.24) is 0 Å². The molecule has 0 unspecified atom stereocenters. The highest BCUT2D eigenvalue weighted by atomic mass is 32.1. The van der Waals surface area contributed by atoms with Crippen LogP contribution in [0.15, 0.2) is 47.2 Å². The molecule has 3 heterocycles. The zero-order valence-electron chi connectivity index (χ0n) is 9.92. The van der Waals surface area contributed by atoms with Gasteiger partial charge in [0.15, 0.2) is 0 Å². The van der Waals surface area contributed by atoms with Gasteiger partial charge in [0.2, 0.25) is 0 Å². The summed E-state index contributed by atoms with van der Waals surface area (Å²) in [5.41, 5.74) is 1.37. The molecule has 90 valence electrons. The van der Waals surface area contributed by atoms with Gasteiger partial charge in [0, 0.05) is 20.2 Å². The number of hydrogen-bond acceptors (Lipinski definition) is 3. The summed E-state index contributed by atoms with van der Waals surface area (Å²) in [5.74, 6) is 0. The molecule has 0 bridgehead atoms. The van der Waals surface area contributed by atoms with Gasteiger partial charge in [0.1, 0.15) is 0 Å². The van der Waals surface area contributed by atoms with Gasteiger partial charge in [-0.1, -0.05) is 18.2 Å². The Balaban J connectivity index is 2.17. The first kappa shape index (κ1) is 11.9. The molecule has 3 heteroatoms. The van der Waals surface area contributed by atoms with Gasteiger partial charge in [-0.05, 0) is 42.0 Å². The van der Waals surface area contributed by atoms with Crippen LogP contribution in [0.2, 0.25) is 0 Å². The highest BCUT2D eigenvalue weighted by molar-refractivity contribution is 7.23. The van der Waals surface area contributed by atoms with Crippen molar-refractivity contribution in [2.45, 2.75) is 6.92 Å². The van der Waals surface area contributed by atoms with Crippen molar-refractivity contribution in [3.63, 3.8) is 0 Å². The molecule has 0 aliphatic heterocycles. The molecule has 0 fully saturated rings. The van der Waals surface area contributed by atoms with Gasteiger partial charge in [0.25, 0.3) is 0 Å². The fraction of sp³-hybridized carbons (Fsp3) is 0.0667. The first-order chi connectivity index (χ1) is 8.88. The molecular formula is C15H12S3. The zero-order chi connectivity index (χ0) is 12.4. The van der Waals surface area contributed by atoms with Crippen molar-refractivity contribution in [3.05, 3.63) is 52.0 Å². The van der Waals surface area contributed by atoms with Crippen LogP contribution in [0.25, 0.3) is 26.3 Å². The summed E-state index contributed by atoms with van der Waals surface area (Å²) < 4.78 is 0. The van der Waals surface area contributed by atoms with Crippen molar-refractivity contribution in [2.75, 3.05) is 0 Å². The lowest BCUT2D eigenvalue weighted by Crippen LogP contribution is -1.69. The van der Waals surface area contributed by atoms with Crippen molar-refractivity contribution >= 4 is 40.1 Å². The molecule has 0 N–H and O–H groups in total. The molecule has 0 atom stereocenters. The Hall–Kier alpha value is -1.16. The van der Waals surface area contributed by atoms with E-state index in [0.717, 1.165) is 0 Å². The van der Waals surface area contributed by atoms with Crippen LogP contribution in [0.3, 0.4) is 0 Å². The Morgan fingerprint density at radius 2 is 1.72 bits per heavy atom. The second-order valence-corrected chi connectivity index (χ2v) is 6.83. The zero-order valence-corrected chi connectivity index (χ0v) is 12.4. The average molecular weight is 288 g/mol. The molecule has 0 radical (unpaired) electrons. The molecule has 18 heavy (non-hydrogen) atoms. The fourth-order valence-electron chi connectivity index (χ4n) is 1.86. The van der Waals surface area contributed by atoms with E-state index in [1.807, 2.05) is 22.7 Å². The van der Waals surface area contributed by atoms with Gasteiger partial charge < -0.3 is 0 Å². The van der Waals surface area contributed by atoms with Gasteiger partial charge >= 0.3 is 0 Å². The predicted molar refractivity (Wildman–Crippen MR) is 85.7 cm³/mol. The van der Waals surface area contributed by atoms with Crippen LogP contribution < -0.4 is 0 Å². The number of rotatable bonds is 3. The van der Waals surface area contributed by atoms with E-state index >= 15 is 0 Å². The van der Waals surface area contributed by atoms with Crippen LogP contribution in [-0.4, -0.2) is 0 Å². The molecule has 0 amide bonds. The molecule has 3 aromatic rings. The third kappa shape index (κ3) is 2.21. The summed E-state index contributed by atoms with van der Waals surface area (Å²) in [6, 6.07) is 10.9. The van der Waals surface area contributed by atoms with Gasteiger partial charge in [0.05, 0.1) is 4.88 Å². The summed E-state index contributed by atoms with van der Waals surface area (Å²) in [5, 5.41) is 4.28. The summed E-state index contributed by atoms with van der Waals surface area (Å²) in [4.78, 5) is 5.43. The lowest BCUT2D eigenvalue weighted by Gasteiger charge is -1.97. The smallest absolute Gasteiger partial charge is 0.0535 e.